The van der Waals surface area contributed by atoms with Crippen molar-refractivity contribution in [3.05, 3.63) is 72.3 Å². The van der Waals surface area contributed by atoms with Gasteiger partial charge >= 0.3 is 0 Å². The fourth-order valence-corrected chi connectivity index (χ4v) is 5.60. The molecule has 0 N–H and O–H groups in total. The summed E-state index contributed by atoms with van der Waals surface area (Å²) in [6.07, 6.45) is 1.42. The molecule has 4 aliphatic heterocycles. The van der Waals surface area contributed by atoms with Gasteiger partial charge in [-0.05, 0) is 45.4 Å². The minimum Gasteiger partial charge on any atom is -0.478 e. The second-order valence-corrected chi connectivity index (χ2v) is 10.8. The van der Waals surface area contributed by atoms with Crippen LogP contribution in [0.2, 0.25) is 0 Å². The molecule has 0 aliphatic carbocycles. The van der Waals surface area contributed by atoms with Crippen LogP contribution in [0.25, 0.3) is 6.08 Å². The van der Waals surface area contributed by atoms with Gasteiger partial charge in [0, 0.05) is 0 Å². The molecule has 0 radical (unpaired) electrons. The number of nitrogens with zero attached hydrogens (tertiary/aromatic N) is 1. The van der Waals surface area contributed by atoms with Crippen molar-refractivity contribution < 1.29 is 33.2 Å². The summed E-state index contributed by atoms with van der Waals surface area (Å²) in [5, 5.41) is 0. The summed E-state index contributed by atoms with van der Waals surface area (Å²) < 4.78 is 36.9. The van der Waals surface area contributed by atoms with Crippen LogP contribution in [0, 0.1) is 0 Å². The first-order chi connectivity index (χ1) is 17.7. The van der Waals surface area contributed by atoms with Crippen molar-refractivity contribution in [1.29, 1.82) is 0 Å². The maximum absolute atomic E-state index is 13.8. The number of carbonyl (C=O) groups is 1. The first kappa shape index (κ1) is 24.6. The number of β-lactam (4-membered cyclic amide) rings is 1. The molecule has 4 heterocycles. The molecule has 0 bridgehead atoms. The molecule has 8 nitrogen and oxygen atoms in total. The van der Waals surface area contributed by atoms with Gasteiger partial charge < -0.3 is 33.3 Å². The summed E-state index contributed by atoms with van der Waals surface area (Å²) >= 11 is 0. The summed E-state index contributed by atoms with van der Waals surface area (Å²) in [4.78, 5) is 15.6. The van der Waals surface area contributed by atoms with Crippen molar-refractivity contribution in [3.63, 3.8) is 0 Å². The third kappa shape index (κ3) is 4.69. The Morgan fingerprint density at radius 2 is 1.59 bits per heavy atom. The number of hydrogen-bond donors (Lipinski definition) is 0. The zero-order valence-electron chi connectivity index (χ0n) is 21.5. The predicted octanol–water partition coefficient (Wildman–Crippen LogP) is 3.75. The zero-order chi connectivity index (χ0) is 25.8. The van der Waals surface area contributed by atoms with E-state index in [0.29, 0.717) is 12.4 Å². The van der Waals surface area contributed by atoms with E-state index in [-0.39, 0.29) is 18.1 Å². The summed E-state index contributed by atoms with van der Waals surface area (Å²) in [5.74, 6) is -1.04. The third-order valence-corrected chi connectivity index (χ3v) is 7.19. The highest BCUT2D eigenvalue weighted by Crippen LogP contribution is 2.45. The topological polar surface area (TPSA) is 75.7 Å². The van der Waals surface area contributed by atoms with Crippen molar-refractivity contribution in [1.82, 2.24) is 4.90 Å². The average Bonchev–Trinajstić information content (AvgIpc) is 3.50. The SMILES string of the molecule is CC1(C)OCC(C2OC3OC(C)(C)OC3C2N2C(=O)C(Oc3ccccc3)C2C=Cc2ccccc2)O1. The average molecular weight is 508 g/mol. The van der Waals surface area contributed by atoms with Crippen molar-refractivity contribution >= 4 is 12.0 Å². The van der Waals surface area contributed by atoms with Gasteiger partial charge in [-0.3, -0.25) is 4.79 Å². The maximum Gasteiger partial charge on any atom is 0.267 e. The van der Waals surface area contributed by atoms with Crippen LogP contribution < -0.4 is 4.74 Å². The van der Waals surface area contributed by atoms with Crippen LogP contribution in [0.5, 0.6) is 5.75 Å². The fraction of sp³-hybridized carbons (Fsp3) is 0.483. The molecule has 37 heavy (non-hydrogen) atoms. The van der Waals surface area contributed by atoms with Gasteiger partial charge in [-0.25, -0.2) is 0 Å². The number of likely N-dealkylation sites (tertiary alicyclic amines) is 1. The zero-order valence-corrected chi connectivity index (χ0v) is 21.5. The smallest absolute Gasteiger partial charge is 0.267 e. The highest BCUT2D eigenvalue weighted by Gasteiger charge is 2.65. The van der Waals surface area contributed by atoms with Gasteiger partial charge in [-0.1, -0.05) is 60.7 Å². The van der Waals surface area contributed by atoms with Crippen LogP contribution in [-0.2, 0) is 28.5 Å². The van der Waals surface area contributed by atoms with E-state index < -0.39 is 42.2 Å². The molecule has 4 aliphatic rings. The summed E-state index contributed by atoms with van der Waals surface area (Å²) in [6.45, 7) is 7.80. The Morgan fingerprint density at radius 1 is 0.892 bits per heavy atom. The van der Waals surface area contributed by atoms with Crippen molar-refractivity contribution in [3.8, 4) is 5.75 Å². The Labute approximate surface area is 217 Å². The molecule has 0 aromatic heterocycles. The van der Waals surface area contributed by atoms with Crippen LogP contribution in [0.1, 0.15) is 33.3 Å². The number of hydrogen-bond acceptors (Lipinski definition) is 7. The van der Waals surface area contributed by atoms with Gasteiger partial charge in [-0.2, -0.15) is 0 Å². The van der Waals surface area contributed by atoms with Gasteiger partial charge in [-0.15, -0.1) is 0 Å². The standard InChI is InChI=1S/C29H33NO7/c1-28(2)32-17-21(35-28)24-22(25-27(34-24)37-29(3,4)36-25)30-20(16-15-18-11-7-5-8-12-18)23(26(30)31)33-19-13-9-6-10-14-19/h5-16,20-25,27H,17H2,1-4H3. The molecular weight excluding hydrogens is 474 g/mol. The van der Waals surface area contributed by atoms with Crippen LogP contribution in [0.3, 0.4) is 0 Å². The number of rotatable bonds is 6. The number of para-hydroxylation sites is 1. The molecule has 8 heteroatoms. The monoisotopic (exact) mass is 507 g/mol. The van der Waals surface area contributed by atoms with Crippen molar-refractivity contribution in [2.24, 2.45) is 0 Å². The molecule has 2 aromatic carbocycles. The minimum absolute atomic E-state index is 0.128. The lowest BCUT2D eigenvalue weighted by Gasteiger charge is -2.50. The van der Waals surface area contributed by atoms with Crippen LogP contribution >= 0.6 is 0 Å². The van der Waals surface area contributed by atoms with E-state index >= 15 is 0 Å². The lowest BCUT2D eigenvalue weighted by molar-refractivity contribution is -0.232. The molecule has 4 saturated heterocycles. The second kappa shape index (κ2) is 9.22. The summed E-state index contributed by atoms with van der Waals surface area (Å²) in [7, 11) is 0. The molecule has 6 rings (SSSR count). The maximum atomic E-state index is 13.8. The van der Waals surface area contributed by atoms with Crippen LogP contribution in [0.4, 0.5) is 0 Å². The lowest BCUT2D eigenvalue weighted by atomic mass is 9.89. The molecule has 7 unspecified atom stereocenters. The van der Waals surface area contributed by atoms with Gasteiger partial charge in [0.1, 0.15) is 24.1 Å². The summed E-state index contributed by atoms with van der Waals surface area (Å²) in [6, 6.07) is 18.6. The Morgan fingerprint density at radius 3 is 2.27 bits per heavy atom. The second-order valence-electron chi connectivity index (χ2n) is 10.8. The quantitative estimate of drug-likeness (QED) is 0.551. The normalized spacial score (nSPS) is 36.1. The van der Waals surface area contributed by atoms with Gasteiger partial charge in [0.25, 0.3) is 5.91 Å². The van der Waals surface area contributed by atoms with Gasteiger partial charge in [0.2, 0.25) is 6.10 Å². The minimum atomic E-state index is -0.825. The molecule has 0 spiro atoms. The van der Waals surface area contributed by atoms with Crippen LogP contribution in [0.15, 0.2) is 66.7 Å². The van der Waals surface area contributed by atoms with Gasteiger partial charge in [0.05, 0.1) is 18.7 Å². The fourth-order valence-electron chi connectivity index (χ4n) is 5.60. The molecular formula is C29H33NO7. The predicted molar refractivity (Wildman–Crippen MR) is 134 cm³/mol. The highest BCUT2D eigenvalue weighted by atomic mass is 16.8. The number of ether oxygens (including phenoxy) is 6. The Bertz CT molecular complexity index is 1150. The first-order valence-corrected chi connectivity index (χ1v) is 12.8. The molecule has 4 fully saturated rings. The molecule has 2 aromatic rings. The van der Waals surface area contributed by atoms with Crippen LogP contribution in [-0.4, -0.2) is 71.8 Å². The number of benzene rings is 2. The Kier molecular flexibility index (Phi) is 6.12. The van der Waals surface area contributed by atoms with Gasteiger partial charge in [0.15, 0.2) is 17.9 Å². The summed E-state index contributed by atoms with van der Waals surface area (Å²) in [5.41, 5.74) is 1.04. The molecule has 7 atom stereocenters. The van der Waals surface area contributed by atoms with Crippen molar-refractivity contribution in [2.75, 3.05) is 6.61 Å². The van der Waals surface area contributed by atoms with E-state index in [1.807, 2.05) is 105 Å². The lowest BCUT2D eigenvalue weighted by Crippen LogP contribution is -2.72. The van der Waals surface area contributed by atoms with E-state index in [9.17, 15) is 4.79 Å². The van der Waals surface area contributed by atoms with E-state index in [1.165, 1.54) is 0 Å². The number of carbonyl (C=O) groups excluding carboxylic acids is 1. The molecule has 0 saturated carbocycles. The number of fused-ring (bicyclic) bond motifs is 1. The van der Waals surface area contributed by atoms with E-state index in [0.717, 1.165) is 5.56 Å². The molecule has 1 amide bonds. The van der Waals surface area contributed by atoms with E-state index in [4.69, 9.17) is 28.4 Å². The molecule has 196 valence electrons. The first-order valence-electron chi connectivity index (χ1n) is 12.8. The van der Waals surface area contributed by atoms with E-state index in [2.05, 4.69) is 0 Å². The number of amides is 1. The highest BCUT2D eigenvalue weighted by molar-refractivity contribution is 5.90. The largest absolute Gasteiger partial charge is 0.478 e. The Hall–Kier alpha value is -2.75. The van der Waals surface area contributed by atoms with E-state index in [1.54, 1.807) is 0 Å². The Balaban J connectivity index is 1.33. The van der Waals surface area contributed by atoms with Crippen molar-refractivity contribution in [2.45, 2.75) is 82.1 Å². The third-order valence-electron chi connectivity index (χ3n) is 7.19.